The first-order chi connectivity index (χ1) is 17.7. The number of hydrogen-bond acceptors (Lipinski definition) is 5. The van der Waals surface area contributed by atoms with Gasteiger partial charge in [0.05, 0.1) is 5.56 Å². The molecule has 0 unspecified atom stereocenters. The number of piperidine rings is 1. The number of hydrogen-bond donors (Lipinski definition) is 0. The van der Waals surface area contributed by atoms with Crippen molar-refractivity contribution in [1.82, 2.24) is 14.8 Å². The molecular weight excluding hydrogens is 495 g/mol. The first kappa shape index (κ1) is 27.3. The van der Waals surface area contributed by atoms with Crippen LogP contribution in [0.1, 0.15) is 54.4 Å². The van der Waals surface area contributed by atoms with Crippen molar-refractivity contribution >= 4 is 29.2 Å². The molecule has 0 saturated carbocycles. The van der Waals surface area contributed by atoms with Crippen LogP contribution in [0.5, 0.6) is 0 Å². The molecular formula is C28H36ClFN4O3. The van der Waals surface area contributed by atoms with E-state index in [1.165, 1.54) is 11.0 Å². The van der Waals surface area contributed by atoms with Gasteiger partial charge in [0.1, 0.15) is 16.8 Å². The summed E-state index contributed by atoms with van der Waals surface area (Å²) in [5.41, 5.74) is -0.472. The molecule has 1 atom stereocenters. The Kier molecular flexibility index (Phi) is 8.70. The number of carbonyl (C=O) groups is 2. The highest BCUT2D eigenvalue weighted by Gasteiger charge is 2.47. The fraction of sp³-hybridized carbons (Fsp3) is 0.536. The van der Waals surface area contributed by atoms with Gasteiger partial charge < -0.3 is 19.4 Å². The van der Waals surface area contributed by atoms with E-state index in [4.69, 9.17) is 16.3 Å². The monoisotopic (exact) mass is 530 g/mol. The number of rotatable bonds is 8. The topological polar surface area (TPSA) is 66.0 Å². The van der Waals surface area contributed by atoms with Gasteiger partial charge in [-0.3, -0.25) is 9.59 Å². The average Bonchev–Trinajstić information content (AvgIpc) is 3.39. The maximum absolute atomic E-state index is 14.6. The van der Waals surface area contributed by atoms with Crippen molar-refractivity contribution in [2.24, 2.45) is 5.92 Å². The van der Waals surface area contributed by atoms with E-state index in [9.17, 15) is 14.0 Å². The zero-order valence-corrected chi connectivity index (χ0v) is 22.6. The van der Waals surface area contributed by atoms with Gasteiger partial charge in [0, 0.05) is 52.9 Å². The van der Waals surface area contributed by atoms with Crippen LogP contribution in [-0.2, 0) is 15.1 Å². The Balaban J connectivity index is 1.27. The molecule has 0 spiro atoms. The Labute approximate surface area is 223 Å². The highest BCUT2D eigenvalue weighted by atomic mass is 35.5. The number of anilines is 1. The fourth-order valence-electron chi connectivity index (χ4n) is 5.40. The molecule has 0 bridgehead atoms. The summed E-state index contributed by atoms with van der Waals surface area (Å²) in [4.78, 5) is 35.5. The minimum atomic E-state index is -1.22. The van der Waals surface area contributed by atoms with E-state index < -0.39 is 11.4 Å². The second kappa shape index (κ2) is 11.8. The molecule has 1 aromatic heterocycles. The molecule has 7 nitrogen and oxygen atoms in total. The largest absolute Gasteiger partial charge is 0.360 e. The number of benzene rings is 1. The molecule has 4 rings (SSSR count). The number of likely N-dealkylation sites (N-methyl/N-ethyl adjacent to an activating group) is 1. The maximum Gasteiger partial charge on any atom is 0.259 e. The predicted octanol–water partition coefficient (Wildman–Crippen LogP) is 4.74. The average molecular weight is 531 g/mol. The van der Waals surface area contributed by atoms with Crippen LogP contribution in [0.3, 0.4) is 0 Å². The van der Waals surface area contributed by atoms with E-state index >= 15 is 0 Å². The van der Waals surface area contributed by atoms with E-state index in [1.807, 2.05) is 6.07 Å². The number of nitrogens with zero attached hydrogens (tertiary/aromatic N) is 4. The second-order valence-electron chi connectivity index (χ2n) is 10.3. The van der Waals surface area contributed by atoms with Gasteiger partial charge in [0.15, 0.2) is 5.60 Å². The smallest absolute Gasteiger partial charge is 0.259 e. The van der Waals surface area contributed by atoms with E-state index in [0.29, 0.717) is 36.6 Å². The summed E-state index contributed by atoms with van der Waals surface area (Å²) >= 11 is 6.30. The highest BCUT2D eigenvalue weighted by Crippen LogP contribution is 2.39. The number of carbonyl (C=O) groups excluding carboxylic acids is 2. The van der Waals surface area contributed by atoms with E-state index in [-0.39, 0.29) is 17.0 Å². The third-order valence-corrected chi connectivity index (χ3v) is 7.83. The minimum absolute atomic E-state index is 0.162. The summed E-state index contributed by atoms with van der Waals surface area (Å²) in [6.45, 7) is 2.81. The van der Waals surface area contributed by atoms with Crippen LogP contribution >= 0.6 is 11.6 Å². The summed E-state index contributed by atoms with van der Waals surface area (Å²) in [5.74, 6) is 0.634. The Morgan fingerprint density at radius 3 is 2.51 bits per heavy atom. The Bertz CT molecular complexity index is 1110. The molecule has 2 aliphatic heterocycles. The molecule has 200 valence electrons. The second-order valence-corrected chi connectivity index (χ2v) is 10.6. The van der Waals surface area contributed by atoms with Crippen LogP contribution in [0.25, 0.3) is 0 Å². The zero-order valence-electron chi connectivity index (χ0n) is 21.9. The number of aromatic nitrogens is 1. The zero-order chi connectivity index (χ0) is 26.6. The lowest BCUT2D eigenvalue weighted by Gasteiger charge is -2.34. The molecule has 3 heterocycles. The molecule has 2 fully saturated rings. The number of halogens is 2. The SMILES string of the molecule is CN(C)C(=O)c1ccc(N2CCC(CCCN(C)C(=O)[C@@]3(c4ccccc4F)CCCO3)CC2)nc1Cl. The Morgan fingerprint density at radius 1 is 1.16 bits per heavy atom. The standard InChI is InChI=1S/C28H36ClFN4O3/c1-32(2)26(35)21-11-12-24(31-25(21)29)34-17-13-20(14-18-34)8-6-16-33(3)27(36)28(15-7-19-37-28)22-9-4-5-10-23(22)30/h4-5,9-12,20H,6-8,13-19H2,1-3H3/t28-/m0/s1. The lowest BCUT2D eigenvalue weighted by molar-refractivity contribution is -0.153. The Hall–Kier alpha value is -2.71. The van der Waals surface area contributed by atoms with Crippen molar-refractivity contribution in [3.05, 3.63) is 58.5 Å². The summed E-state index contributed by atoms with van der Waals surface area (Å²) in [6.07, 6.45) is 5.18. The molecule has 37 heavy (non-hydrogen) atoms. The number of ether oxygens (including phenoxy) is 1. The van der Waals surface area contributed by atoms with Crippen LogP contribution in [0, 0.1) is 11.7 Å². The summed E-state index contributed by atoms with van der Waals surface area (Å²) in [7, 11) is 5.17. The normalized spacial score (nSPS) is 20.2. The van der Waals surface area contributed by atoms with E-state index in [1.54, 1.807) is 50.3 Å². The van der Waals surface area contributed by atoms with Crippen LogP contribution in [0.4, 0.5) is 10.2 Å². The molecule has 2 aliphatic rings. The van der Waals surface area contributed by atoms with E-state index in [0.717, 1.165) is 51.0 Å². The third-order valence-electron chi connectivity index (χ3n) is 7.54. The first-order valence-electron chi connectivity index (χ1n) is 13.0. The summed E-state index contributed by atoms with van der Waals surface area (Å²) < 4.78 is 20.5. The molecule has 0 aliphatic carbocycles. The van der Waals surface area contributed by atoms with Gasteiger partial charge in [-0.05, 0) is 62.6 Å². The van der Waals surface area contributed by atoms with Gasteiger partial charge in [-0.1, -0.05) is 29.8 Å². The molecule has 2 saturated heterocycles. The molecule has 2 amide bonds. The fourth-order valence-corrected chi connectivity index (χ4v) is 5.63. The molecule has 0 N–H and O–H groups in total. The number of amides is 2. The van der Waals surface area contributed by atoms with Crippen LogP contribution in [0.2, 0.25) is 5.15 Å². The minimum Gasteiger partial charge on any atom is -0.360 e. The van der Waals surface area contributed by atoms with Gasteiger partial charge >= 0.3 is 0 Å². The van der Waals surface area contributed by atoms with Crippen molar-refractivity contribution < 1.29 is 18.7 Å². The van der Waals surface area contributed by atoms with Crippen LogP contribution < -0.4 is 4.90 Å². The van der Waals surface area contributed by atoms with Crippen LogP contribution in [0.15, 0.2) is 36.4 Å². The lowest BCUT2D eigenvalue weighted by Crippen LogP contribution is -2.46. The summed E-state index contributed by atoms with van der Waals surface area (Å²) in [5, 5.41) is 0.227. The maximum atomic E-state index is 14.6. The molecule has 1 aromatic carbocycles. The first-order valence-corrected chi connectivity index (χ1v) is 13.4. The summed E-state index contributed by atoms with van der Waals surface area (Å²) in [6, 6.07) is 10.0. The van der Waals surface area contributed by atoms with Gasteiger partial charge in [-0.2, -0.15) is 0 Å². The van der Waals surface area contributed by atoms with Gasteiger partial charge in [-0.15, -0.1) is 0 Å². The lowest BCUT2D eigenvalue weighted by atomic mass is 9.88. The predicted molar refractivity (Wildman–Crippen MR) is 142 cm³/mol. The van der Waals surface area contributed by atoms with Crippen molar-refractivity contribution in [1.29, 1.82) is 0 Å². The quantitative estimate of drug-likeness (QED) is 0.461. The van der Waals surface area contributed by atoms with Crippen molar-refractivity contribution in [2.45, 2.75) is 44.1 Å². The van der Waals surface area contributed by atoms with Crippen molar-refractivity contribution in [3.63, 3.8) is 0 Å². The van der Waals surface area contributed by atoms with Crippen molar-refractivity contribution in [2.75, 3.05) is 52.3 Å². The van der Waals surface area contributed by atoms with Gasteiger partial charge in [0.2, 0.25) is 0 Å². The van der Waals surface area contributed by atoms with E-state index in [2.05, 4.69) is 9.88 Å². The number of pyridine rings is 1. The van der Waals surface area contributed by atoms with Gasteiger partial charge in [0.25, 0.3) is 11.8 Å². The molecule has 9 heteroatoms. The highest BCUT2D eigenvalue weighted by molar-refractivity contribution is 6.32. The van der Waals surface area contributed by atoms with Crippen LogP contribution in [-0.4, -0.2) is 74.0 Å². The van der Waals surface area contributed by atoms with Gasteiger partial charge in [-0.25, -0.2) is 9.37 Å². The van der Waals surface area contributed by atoms with Crippen molar-refractivity contribution in [3.8, 4) is 0 Å². The molecule has 0 radical (unpaired) electrons. The Morgan fingerprint density at radius 2 is 1.89 bits per heavy atom. The molecule has 2 aromatic rings. The third kappa shape index (κ3) is 5.91.